The summed E-state index contributed by atoms with van der Waals surface area (Å²) in [5, 5.41) is 13.8. The van der Waals surface area contributed by atoms with Crippen LogP contribution in [-0.2, 0) is 0 Å². The van der Waals surface area contributed by atoms with Crippen LogP contribution in [0.15, 0.2) is 54.2 Å². The Balaban J connectivity index is 1.47. The second kappa shape index (κ2) is 11.9. The van der Waals surface area contributed by atoms with Gasteiger partial charge in [0.2, 0.25) is 0 Å². The molecule has 1 atom stereocenters. The number of nitrogens with one attached hydrogen (secondary N) is 1. The van der Waals surface area contributed by atoms with Crippen LogP contribution in [0.2, 0.25) is 0 Å². The van der Waals surface area contributed by atoms with Crippen molar-refractivity contribution in [2.45, 2.75) is 38.8 Å². The largest absolute Gasteiger partial charge is 0.493 e. The van der Waals surface area contributed by atoms with Gasteiger partial charge >= 0.3 is 0 Å². The fourth-order valence-electron chi connectivity index (χ4n) is 3.97. The van der Waals surface area contributed by atoms with Crippen LogP contribution < -0.4 is 14.8 Å². The average Bonchev–Trinajstić information content (AvgIpc) is 3.07. The molecule has 1 aromatic carbocycles. The minimum Gasteiger partial charge on any atom is -0.493 e. The Morgan fingerprint density at radius 2 is 2.00 bits per heavy atom. The molecule has 3 rings (SSSR count). The molecule has 0 bridgehead atoms. The second-order valence-corrected chi connectivity index (χ2v) is 8.09. The highest BCUT2D eigenvalue weighted by Gasteiger charge is 2.18. The van der Waals surface area contributed by atoms with Gasteiger partial charge in [0.1, 0.15) is 12.8 Å². The highest BCUT2D eigenvalue weighted by molar-refractivity contribution is 5.43. The SMILES string of the molecule is CCC1CCN(CCNC(O)c2ccc(OCC3=CC=CC=CC3)c(OC)c2)CC1. The van der Waals surface area contributed by atoms with Crippen LogP contribution in [0, 0.1) is 5.92 Å². The minimum atomic E-state index is -0.721. The van der Waals surface area contributed by atoms with Crippen molar-refractivity contribution in [2.24, 2.45) is 5.92 Å². The third-order valence-corrected chi connectivity index (χ3v) is 6.04. The van der Waals surface area contributed by atoms with Gasteiger partial charge in [0.25, 0.3) is 0 Å². The number of hydrogen-bond acceptors (Lipinski definition) is 5. The summed E-state index contributed by atoms with van der Waals surface area (Å²) < 4.78 is 11.5. The molecule has 30 heavy (non-hydrogen) atoms. The number of ether oxygens (including phenoxy) is 2. The molecular formula is C25H36N2O3. The number of piperidine rings is 1. The predicted molar refractivity (Wildman–Crippen MR) is 122 cm³/mol. The molecular weight excluding hydrogens is 376 g/mol. The van der Waals surface area contributed by atoms with Gasteiger partial charge in [0.05, 0.1) is 7.11 Å². The summed E-state index contributed by atoms with van der Waals surface area (Å²) >= 11 is 0. The van der Waals surface area contributed by atoms with Crippen molar-refractivity contribution in [3.63, 3.8) is 0 Å². The van der Waals surface area contributed by atoms with Gasteiger partial charge in [-0.2, -0.15) is 0 Å². The topological polar surface area (TPSA) is 54.0 Å². The molecule has 0 saturated carbocycles. The standard InChI is InChI=1S/C25H36N2O3/c1-3-20-12-15-27(16-13-20)17-14-26-25(28)22-10-11-23(24(18-22)29-2)30-19-21-8-6-4-5-7-9-21/h4-8,10-11,18,20,25-26,28H,3,9,12-17,19H2,1-2H3. The molecule has 0 amide bonds. The Bertz CT molecular complexity index is 749. The lowest BCUT2D eigenvalue weighted by atomic mass is 9.94. The van der Waals surface area contributed by atoms with Crippen LogP contribution in [0.4, 0.5) is 0 Å². The van der Waals surface area contributed by atoms with E-state index >= 15 is 0 Å². The third-order valence-electron chi connectivity index (χ3n) is 6.04. The van der Waals surface area contributed by atoms with Gasteiger partial charge in [0, 0.05) is 13.1 Å². The van der Waals surface area contributed by atoms with Crippen molar-refractivity contribution in [3.8, 4) is 11.5 Å². The van der Waals surface area contributed by atoms with Crippen molar-refractivity contribution in [2.75, 3.05) is 39.9 Å². The third kappa shape index (κ3) is 6.73. The van der Waals surface area contributed by atoms with Crippen LogP contribution in [0.3, 0.4) is 0 Å². The molecule has 1 saturated heterocycles. The zero-order chi connectivity index (χ0) is 21.2. The van der Waals surface area contributed by atoms with E-state index in [-0.39, 0.29) is 0 Å². The minimum absolute atomic E-state index is 0.514. The normalized spacial score (nSPS) is 18.7. The van der Waals surface area contributed by atoms with E-state index in [1.165, 1.54) is 24.8 Å². The van der Waals surface area contributed by atoms with Crippen molar-refractivity contribution >= 4 is 0 Å². The predicted octanol–water partition coefficient (Wildman–Crippen LogP) is 4.22. The molecule has 1 aliphatic heterocycles. The van der Waals surface area contributed by atoms with Crippen LogP contribution in [0.25, 0.3) is 0 Å². The fourth-order valence-corrected chi connectivity index (χ4v) is 3.97. The van der Waals surface area contributed by atoms with E-state index in [4.69, 9.17) is 9.47 Å². The smallest absolute Gasteiger partial charge is 0.161 e. The molecule has 1 unspecified atom stereocenters. The number of hydrogen-bond donors (Lipinski definition) is 2. The van der Waals surface area contributed by atoms with Gasteiger partial charge in [-0.05, 0) is 61.5 Å². The zero-order valence-electron chi connectivity index (χ0n) is 18.3. The van der Waals surface area contributed by atoms with E-state index < -0.39 is 6.23 Å². The van der Waals surface area contributed by atoms with Crippen LogP contribution in [0.1, 0.15) is 44.4 Å². The molecule has 5 heteroatoms. The molecule has 0 aromatic heterocycles. The highest BCUT2D eigenvalue weighted by atomic mass is 16.5. The number of likely N-dealkylation sites (tertiary alicyclic amines) is 1. The van der Waals surface area contributed by atoms with E-state index in [0.29, 0.717) is 18.1 Å². The van der Waals surface area contributed by atoms with E-state index in [0.717, 1.165) is 44.1 Å². The van der Waals surface area contributed by atoms with Crippen LogP contribution in [0.5, 0.6) is 11.5 Å². The van der Waals surface area contributed by atoms with Crippen LogP contribution in [-0.4, -0.2) is 49.9 Å². The zero-order valence-corrected chi connectivity index (χ0v) is 18.3. The van der Waals surface area contributed by atoms with Crippen LogP contribution >= 0.6 is 0 Å². The molecule has 0 spiro atoms. The molecule has 1 aliphatic carbocycles. The lowest BCUT2D eigenvalue weighted by molar-refractivity contribution is 0.124. The summed E-state index contributed by atoms with van der Waals surface area (Å²) in [6.45, 7) is 6.85. The van der Waals surface area contributed by atoms with Gasteiger partial charge in [0.15, 0.2) is 11.5 Å². The maximum atomic E-state index is 10.6. The van der Waals surface area contributed by atoms with Gasteiger partial charge in [-0.25, -0.2) is 0 Å². The Hall–Kier alpha value is -2.08. The first-order valence-corrected chi connectivity index (χ1v) is 11.2. The van der Waals surface area contributed by atoms with Gasteiger partial charge in [-0.15, -0.1) is 0 Å². The molecule has 5 nitrogen and oxygen atoms in total. The van der Waals surface area contributed by atoms with Crippen molar-refractivity contribution < 1.29 is 14.6 Å². The quantitative estimate of drug-likeness (QED) is 0.564. The summed E-state index contributed by atoms with van der Waals surface area (Å²) in [6.07, 6.45) is 14.3. The lowest BCUT2D eigenvalue weighted by Gasteiger charge is -2.31. The van der Waals surface area contributed by atoms with E-state index in [1.807, 2.05) is 36.4 Å². The lowest BCUT2D eigenvalue weighted by Crippen LogP contribution is -2.38. The Kier molecular flexibility index (Phi) is 9.00. The number of nitrogens with zero attached hydrogens (tertiary/aromatic N) is 1. The number of aliphatic hydroxyl groups is 1. The number of rotatable bonds is 10. The average molecular weight is 413 g/mol. The fraction of sp³-hybridized carbons (Fsp3) is 0.520. The first-order valence-electron chi connectivity index (χ1n) is 11.2. The molecule has 2 N–H and O–H groups in total. The van der Waals surface area contributed by atoms with Crippen molar-refractivity contribution in [1.29, 1.82) is 0 Å². The first-order chi connectivity index (χ1) is 14.7. The summed E-state index contributed by atoms with van der Waals surface area (Å²) in [5.41, 5.74) is 1.99. The number of benzene rings is 1. The van der Waals surface area contributed by atoms with Crippen molar-refractivity contribution in [3.05, 3.63) is 59.7 Å². The van der Waals surface area contributed by atoms with Gasteiger partial charge in [-0.1, -0.05) is 49.8 Å². The Morgan fingerprint density at radius 1 is 1.17 bits per heavy atom. The Morgan fingerprint density at radius 3 is 2.77 bits per heavy atom. The van der Waals surface area contributed by atoms with Crippen molar-refractivity contribution in [1.82, 2.24) is 10.2 Å². The van der Waals surface area contributed by atoms with E-state index in [1.54, 1.807) is 7.11 Å². The molecule has 1 fully saturated rings. The summed E-state index contributed by atoms with van der Waals surface area (Å²) in [6, 6.07) is 5.61. The molecule has 1 aromatic rings. The number of methoxy groups -OCH3 is 1. The second-order valence-electron chi connectivity index (χ2n) is 8.09. The molecule has 164 valence electrons. The summed E-state index contributed by atoms with van der Waals surface area (Å²) in [4.78, 5) is 2.48. The summed E-state index contributed by atoms with van der Waals surface area (Å²) in [5.74, 6) is 2.21. The number of aliphatic hydroxyl groups excluding tert-OH is 1. The van der Waals surface area contributed by atoms with Gasteiger partial charge in [-0.3, -0.25) is 5.32 Å². The molecule has 2 aliphatic rings. The monoisotopic (exact) mass is 412 g/mol. The Labute approximate surface area is 181 Å². The number of allylic oxidation sites excluding steroid dienone is 5. The first kappa shape index (κ1) is 22.6. The summed E-state index contributed by atoms with van der Waals surface area (Å²) in [7, 11) is 1.63. The maximum Gasteiger partial charge on any atom is 0.161 e. The molecule has 0 radical (unpaired) electrons. The van der Waals surface area contributed by atoms with E-state index in [2.05, 4.69) is 29.3 Å². The highest BCUT2D eigenvalue weighted by Crippen LogP contribution is 2.30. The van der Waals surface area contributed by atoms with E-state index in [9.17, 15) is 5.11 Å². The van der Waals surface area contributed by atoms with Gasteiger partial charge < -0.3 is 19.5 Å². The molecule has 1 heterocycles. The maximum absolute atomic E-state index is 10.6.